The molecule has 1 N–H and O–H groups in total. The fourth-order valence-corrected chi connectivity index (χ4v) is 0. The quantitative estimate of drug-likeness (QED) is 0.349. The van der Waals surface area contributed by atoms with Crippen LogP contribution in [0.25, 0.3) is 0 Å². The molecule has 4 nitrogen and oxygen atoms in total. The molecule has 0 heterocycles. The molecule has 0 aliphatic rings. The zero-order valence-corrected chi connectivity index (χ0v) is 3.25. The summed E-state index contributed by atoms with van der Waals surface area (Å²) < 4.78 is 0. The zero-order chi connectivity index (χ0) is 5.41. The van der Waals surface area contributed by atoms with Crippen LogP contribution < -0.4 is 0 Å². The highest BCUT2D eigenvalue weighted by Gasteiger charge is 1.18. The first-order valence-electron chi connectivity index (χ1n) is 1.11. The van der Waals surface area contributed by atoms with Gasteiger partial charge in [0.2, 0.25) is 0 Å². The number of rotatable bonds is 0. The van der Waals surface area contributed by atoms with E-state index in [-0.39, 0.29) is 0 Å². The Morgan fingerprint density at radius 2 is 2.00 bits per heavy atom. The summed E-state index contributed by atoms with van der Waals surface area (Å²) in [5.41, 5.74) is 0. The average molecular weight is 88.1 g/mol. The minimum atomic E-state index is 1.25. The normalized spacial score (nSPS) is 3.33. The molecule has 0 saturated carbocycles. The molecule has 0 aromatic carbocycles. The number of hydrogen-bond acceptors (Lipinski definition) is 3. The Kier molecular flexibility index (Phi) is 60.6. The molecule has 0 unspecified atom stereocenters. The summed E-state index contributed by atoms with van der Waals surface area (Å²) in [6, 6.07) is 1.75. The van der Waals surface area contributed by atoms with Gasteiger partial charge in [0.05, 0.1) is 6.07 Å². The Balaban J connectivity index is 0. The molecule has 0 aromatic heterocycles. The first-order valence-corrected chi connectivity index (χ1v) is 1.11. The van der Waals surface area contributed by atoms with E-state index in [1.165, 1.54) is 12.3 Å². The fraction of sp³-hybridized carbons (Fsp3) is 0.500. The summed E-state index contributed by atoms with van der Waals surface area (Å²) >= 11 is 0. The van der Waals surface area contributed by atoms with E-state index < -0.39 is 0 Å². The van der Waals surface area contributed by atoms with E-state index >= 15 is 0 Å². The molecule has 0 atom stereocenters. The molecule has 0 spiro atoms. The van der Waals surface area contributed by atoms with E-state index in [0.717, 1.165) is 0 Å². The molecule has 0 fully saturated rings. The maximum Gasteiger partial charge on any atom is 0.152 e. The van der Waals surface area contributed by atoms with Gasteiger partial charge >= 0.3 is 0 Å². The molecular formula is C2H4N2O2. The van der Waals surface area contributed by atoms with Gasteiger partial charge in [-0.1, -0.05) is 0 Å². The number of nitrogens with zero attached hydrogens (tertiary/aromatic N) is 2. The third kappa shape index (κ3) is 8.38. The Labute approximate surface area is 34.9 Å². The van der Waals surface area contributed by atoms with Gasteiger partial charge in [-0.15, -0.1) is 4.91 Å². The van der Waals surface area contributed by atoms with E-state index in [1.54, 1.807) is 6.07 Å². The van der Waals surface area contributed by atoms with E-state index in [1.807, 2.05) is 0 Å². The second-order valence-electron chi connectivity index (χ2n) is 0.305. The predicted molar refractivity (Wildman–Crippen MR) is 18.9 cm³/mol. The van der Waals surface area contributed by atoms with Crippen LogP contribution in [0.5, 0.6) is 0 Å². The second kappa shape index (κ2) is 41.0. The van der Waals surface area contributed by atoms with Crippen molar-refractivity contribution in [3.8, 4) is 6.07 Å². The highest BCUT2D eigenvalue weighted by atomic mass is 16.6. The van der Waals surface area contributed by atoms with E-state index in [9.17, 15) is 0 Å². The maximum absolute atomic E-state index is 8.11. The summed E-state index contributed by atoms with van der Waals surface area (Å²) in [6.45, 7) is 1.43. The van der Waals surface area contributed by atoms with Gasteiger partial charge in [-0.05, 0) is 0 Å². The van der Waals surface area contributed by atoms with Crippen LogP contribution in [-0.2, 0) is 0 Å². The topological polar surface area (TPSA) is 73.5 Å². The van der Waals surface area contributed by atoms with Crippen molar-refractivity contribution in [3.63, 3.8) is 0 Å². The largest absolute Gasteiger partial charge is 0.379 e. The molecule has 6 heavy (non-hydrogen) atoms. The molecule has 34 valence electrons. The summed E-state index contributed by atoms with van der Waals surface area (Å²) in [5.74, 6) is 0. The summed E-state index contributed by atoms with van der Waals surface area (Å²) in [7, 11) is 0. The Morgan fingerprint density at radius 1 is 2.00 bits per heavy atom. The van der Waals surface area contributed by atoms with Gasteiger partial charge in [0.1, 0.15) is 0 Å². The van der Waals surface area contributed by atoms with Crippen LogP contribution in [0.3, 0.4) is 0 Å². The molecule has 0 aliphatic carbocycles. The van der Waals surface area contributed by atoms with Crippen molar-refractivity contribution in [2.75, 3.05) is 0 Å². The minimum absolute atomic E-state index is 1.25. The lowest BCUT2D eigenvalue weighted by Crippen LogP contribution is -1.25. The fourth-order valence-electron chi connectivity index (χ4n) is 0. The van der Waals surface area contributed by atoms with Crippen LogP contribution in [-0.4, -0.2) is 5.21 Å². The van der Waals surface area contributed by atoms with Gasteiger partial charge in [-0.25, -0.2) is 0 Å². The molecule has 0 bridgehead atoms. The van der Waals surface area contributed by atoms with Crippen LogP contribution in [0.2, 0.25) is 0 Å². The van der Waals surface area contributed by atoms with Crippen LogP contribution in [0, 0.1) is 16.2 Å². The van der Waals surface area contributed by atoms with Crippen molar-refractivity contribution in [2.45, 2.75) is 6.92 Å². The highest BCUT2D eigenvalue weighted by Crippen LogP contribution is 1.25. The predicted octanol–water partition coefficient (Wildman–Crippen LogP) is 0.672. The third-order valence-electron chi connectivity index (χ3n) is 0. The van der Waals surface area contributed by atoms with Crippen LogP contribution in [0.1, 0.15) is 6.92 Å². The van der Waals surface area contributed by atoms with E-state index in [0.29, 0.717) is 0 Å². The average Bonchev–Trinajstić information content (AvgIpc) is 1.39. The standard InChI is InChI=1S/C2H3N.HNO2/c1-2-3;2-1-3/h1H3;(H,2,3). The summed E-state index contributed by atoms with van der Waals surface area (Å²) in [6.07, 6.45) is 0. The van der Waals surface area contributed by atoms with Crippen LogP contribution >= 0.6 is 0 Å². The molecule has 4 heteroatoms. The van der Waals surface area contributed by atoms with Gasteiger partial charge in [0.15, 0.2) is 5.34 Å². The Hall–Kier alpha value is -1.11. The van der Waals surface area contributed by atoms with Crippen molar-refractivity contribution < 1.29 is 5.21 Å². The number of nitriles is 1. The smallest absolute Gasteiger partial charge is 0.152 e. The second-order valence-corrected chi connectivity index (χ2v) is 0.305. The van der Waals surface area contributed by atoms with Crippen molar-refractivity contribution in [1.29, 1.82) is 5.26 Å². The van der Waals surface area contributed by atoms with Gasteiger partial charge in [-0.3, -0.25) is 0 Å². The first kappa shape index (κ1) is 8.86. The molecule has 0 aromatic rings. The van der Waals surface area contributed by atoms with Crippen molar-refractivity contribution in [1.82, 2.24) is 0 Å². The lowest BCUT2D eigenvalue weighted by molar-refractivity contribution is 0.312. The minimum Gasteiger partial charge on any atom is -0.379 e. The molecule has 0 amide bonds. The van der Waals surface area contributed by atoms with Crippen LogP contribution in [0.15, 0.2) is 5.34 Å². The number of hydrogen-bond donors (Lipinski definition) is 1. The van der Waals surface area contributed by atoms with Crippen molar-refractivity contribution in [3.05, 3.63) is 4.91 Å². The van der Waals surface area contributed by atoms with Gasteiger partial charge < -0.3 is 5.21 Å². The molecule has 0 saturated heterocycles. The maximum atomic E-state index is 8.11. The van der Waals surface area contributed by atoms with Crippen LogP contribution in [0.4, 0.5) is 0 Å². The summed E-state index contributed by atoms with van der Waals surface area (Å²) in [4.78, 5) is 8.11. The van der Waals surface area contributed by atoms with Crippen molar-refractivity contribution in [2.24, 2.45) is 5.34 Å². The van der Waals surface area contributed by atoms with Gasteiger partial charge in [0.25, 0.3) is 0 Å². The van der Waals surface area contributed by atoms with E-state index in [2.05, 4.69) is 0 Å². The monoisotopic (exact) mass is 88.0 g/mol. The molecule has 0 rings (SSSR count). The third-order valence-corrected chi connectivity index (χ3v) is 0. The lowest BCUT2D eigenvalue weighted by Gasteiger charge is -1.32. The SMILES string of the molecule is CC#N.O=NO. The Bertz CT molecular complexity index is 55.1. The lowest BCUT2D eigenvalue weighted by atomic mass is 11.0. The molecule has 0 radical (unpaired) electrons. The van der Waals surface area contributed by atoms with Crippen molar-refractivity contribution >= 4 is 0 Å². The van der Waals surface area contributed by atoms with Gasteiger partial charge in [0, 0.05) is 6.92 Å². The highest BCUT2D eigenvalue weighted by molar-refractivity contribution is 4.51. The van der Waals surface area contributed by atoms with E-state index in [4.69, 9.17) is 15.4 Å². The summed E-state index contributed by atoms with van der Waals surface area (Å²) in [5, 5.41) is 15.2. The molecule has 0 aliphatic heterocycles. The zero-order valence-electron chi connectivity index (χ0n) is 3.25. The first-order chi connectivity index (χ1) is 2.83. The van der Waals surface area contributed by atoms with Gasteiger partial charge in [-0.2, -0.15) is 5.26 Å². The Morgan fingerprint density at radius 3 is 2.00 bits per heavy atom. The molecular weight excluding hydrogens is 84.0 g/mol.